The van der Waals surface area contributed by atoms with Crippen molar-refractivity contribution < 1.29 is 4.79 Å². The van der Waals surface area contributed by atoms with Crippen molar-refractivity contribution in [3.63, 3.8) is 0 Å². The van der Waals surface area contributed by atoms with Crippen LogP contribution >= 0.6 is 0 Å². The van der Waals surface area contributed by atoms with Crippen LogP contribution in [0.25, 0.3) is 5.65 Å². The lowest BCUT2D eigenvalue weighted by molar-refractivity contribution is -0.133. The maximum atomic E-state index is 13.3. The van der Waals surface area contributed by atoms with Gasteiger partial charge in [-0.05, 0) is 43.4 Å². The van der Waals surface area contributed by atoms with Crippen LogP contribution in [-0.4, -0.2) is 37.8 Å². The number of carbonyl (C=O) groups excluding carboxylic acids is 1. The van der Waals surface area contributed by atoms with Crippen LogP contribution in [0.1, 0.15) is 55.1 Å². The smallest absolute Gasteiger partial charge is 0.250 e. The lowest BCUT2D eigenvalue weighted by Gasteiger charge is -2.47. The fraction of sp³-hybridized carbons (Fsp3) is 0.458. The first-order chi connectivity index (χ1) is 14.6. The Balaban J connectivity index is 1.43. The van der Waals surface area contributed by atoms with Crippen LogP contribution in [0.4, 0.5) is 0 Å². The number of aryl methyl sites for hydroxylation is 1. The number of rotatable bonds is 4. The molecule has 0 spiro atoms. The van der Waals surface area contributed by atoms with Gasteiger partial charge in [0.05, 0.1) is 12.1 Å². The molecule has 0 radical (unpaired) electrons. The Hall–Kier alpha value is -2.89. The zero-order valence-electron chi connectivity index (χ0n) is 17.6. The molecule has 0 N–H and O–H groups in total. The molecule has 5 heterocycles. The molecule has 0 aliphatic carbocycles. The first kappa shape index (κ1) is 19.1. The van der Waals surface area contributed by atoms with E-state index in [0.717, 1.165) is 48.4 Å². The number of pyridine rings is 2. The van der Waals surface area contributed by atoms with E-state index in [9.17, 15) is 9.59 Å². The summed E-state index contributed by atoms with van der Waals surface area (Å²) in [5.41, 5.74) is 4.14. The van der Waals surface area contributed by atoms with E-state index in [1.54, 1.807) is 6.07 Å². The Morgan fingerprint density at radius 2 is 2.07 bits per heavy atom. The van der Waals surface area contributed by atoms with Gasteiger partial charge in [-0.3, -0.25) is 9.59 Å². The normalized spacial score (nSPS) is 22.9. The molecule has 1 saturated heterocycles. The highest BCUT2D eigenvalue weighted by atomic mass is 16.2. The van der Waals surface area contributed by atoms with E-state index >= 15 is 0 Å². The number of imidazole rings is 1. The molecule has 30 heavy (non-hydrogen) atoms. The standard InChI is InChI=1S/C24H28N4O2/c1-3-6-20-17-11-18(21-8-4-9-22(29)28(20)21)15-26(14-17)23(30)12-19-13-25-24-16(2)7-5-10-27(19)24/h4-5,7-10,13,17-18,20H,3,6,11-12,14-15H2,1-2H3/t17-,18+,20-/m0/s1. The highest BCUT2D eigenvalue weighted by Gasteiger charge is 2.41. The molecule has 1 amide bonds. The third-order valence-corrected chi connectivity index (χ3v) is 6.88. The summed E-state index contributed by atoms with van der Waals surface area (Å²) in [6.45, 7) is 5.62. The molecule has 3 atom stereocenters. The molecule has 6 nitrogen and oxygen atoms in total. The van der Waals surface area contributed by atoms with Crippen molar-refractivity contribution in [2.75, 3.05) is 13.1 Å². The second kappa shape index (κ2) is 7.42. The van der Waals surface area contributed by atoms with Gasteiger partial charge in [0.2, 0.25) is 5.91 Å². The zero-order chi connectivity index (χ0) is 20.8. The highest BCUT2D eigenvalue weighted by Crippen LogP contribution is 2.42. The van der Waals surface area contributed by atoms with Crippen LogP contribution < -0.4 is 5.56 Å². The summed E-state index contributed by atoms with van der Waals surface area (Å²) in [6.07, 6.45) is 7.21. The average Bonchev–Trinajstić information content (AvgIpc) is 3.15. The number of fused-ring (bicyclic) bond motifs is 5. The molecule has 3 aromatic rings. The summed E-state index contributed by atoms with van der Waals surface area (Å²) < 4.78 is 4.05. The lowest BCUT2D eigenvalue weighted by atomic mass is 9.77. The van der Waals surface area contributed by atoms with E-state index in [0.29, 0.717) is 18.9 Å². The minimum atomic E-state index is 0.0986. The molecule has 5 rings (SSSR count). The van der Waals surface area contributed by atoms with Crippen LogP contribution in [0.2, 0.25) is 0 Å². The first-order valence-corrected chi connectivity index (χ1v) is 11.0. The number of likely N-dealkylation sites (tertiary alicyclic amines) is 1. The van der Waals surface area contributed by atoms with Gasteiger partial charge in [-0.25, -0.2) is 4.98 Å². The molecule has 6 heteroatoms. The molecular weight excluding hydrogens is 376 g/mol. The molecule has 2 aliphatic heterocycles. The largest absolute Gasteiger partial charge is 0.341 e. The summed E-state index contributed by atoms with van der Waals surface area (Å²) in [4.78, 5) is 32.4. The Bertz CT molecular complexity index is 1160. The molecule has 2 bridgehead atoms. The van der Waals surface area contributed by atoms with Gasteiger partial charge in [0.1, 0.15) is 5.65 Å². The summed E-state index contributed by atoms with van der Waals surface area (Å²) in [6, 6.07) is 9.82. The van der Waals surface area contributed by atoms with E-state index < -0.39 is 0 Å². The summed E-state index contributed by atoms with van der Waals surface area (Å²) in [5, 5.41) is 0. The van der Waals surface area contributed by atoms with E-state index in [-0.39, 0.29) is 23.4 Å². The number of hydrogen-bond donors (Lipinski definition) is 0. The monoisotopic (exact) mass is 404 g/mol. The van der Waals surface area contributed by atoms with Crippen molar-refractivity contribution in [3.8, 4) is 0 Å². The molecule has 156 valence electrons. The van der Waals surface area contributed by atoms with Gasteiger partial charge < -0.3 is 13.9 Å². The second-order valence-electron chi connectivity index (χ2n) is 8.82. The fourth-order valence-electron chi connectivity index (χ4n) is 5.51. The zero-order valence-corrected chi connectivity index (χ0v) is 17.6. The highest BCUT2D eigenvalue weighted by molar-refractivity contribution is 5.79. The molecule has 3 aromatic heterocycles. The van der Waals surface area contributed by atoms with Crippen LogP contribution in [0.3, 0.4) is 0 Å². The molecule has 0 saturated carbocycles. The molecule has 1 fully saturated rings. The summed E-state index contributed by atoms with van der Waals surface area (Å²) in [5.74, 6) is 0.721. The van der Waals surface area contributed by atoms with E-state index in [4.69, 9.17) is 0 Å². The van der Waals surface area contributed by atoms with Crippen molar-refractivity contribution in [2.45, 2.75) is 51.5 Å². The molecule has 2 aliphatic rings. The number of nitrogens with zero attached hydrogens (tertiary/aromatic N) is 4. The number of piperidine rings is 1. The Kier molecular flexibility index (Phi) is 4.72. The summed E-state index contributed by atoms with van der Waals surface area (Å²) in [7, 11) is 0. The minimum absolute atomic E-state index is 0.0986. The minimum Gasteiger partial charge on any atom is -0.341 e. The summed E-state index contributed by atoms with van der Waals surface area (Å²) >= 11 is 0. The van der Waals surface area contributed by atoms with Crippen molar-refractivity contribution >= 4 is 11.6 Å². The molecule has 0 unspecified atom stereocenters. The fourth-order valence-corrected chi connectivity index (χ4v) is 5.51. The number of hydrogen-bond acceptors (Lipinski definition) is 3. The van der Waals surface area contributed by atoms with E-state index in [1.165, 1.54) is 0 Å². The second-order valence-corrected chi connectivity index (χ2v) is 8.82. The average molecular weight is 405 g/mol. The van der Waals surface area contributed by atoms with Gasteiger partial charge >= 0.3 is 0 Å². The van der Waals surface area contributed by atoms with E-state index in [1.807, 2.05) is 51.4 Å². The van der Waals surface area contributed by atoms with Gasteiger partial charge in [0, 0.05) is 49.2 Å². The van der Waals surface area contributed by atoms with Crippen LogP contribution in [-0.2, 0) is 11.2 Å². The van der Waals surface area contributed by atoms with Crippen LogP contribution in [0.5, 0.6) is 0 Å². The first-order valence-electron chi connectivity index (χ1n) is 11.0. The molecular formula is C24H28N4O2. The van der Waals surface area contributed by atoms with Gasteiger partial charge in [0.15, 0.2) is 0 Å². The van der Waals surface area contributed by atoms with Crippen molar-refractivity contribution in [3.05, 3.63) is 70.0 Å². The van der Waals surface area contributed by atoms with Crippen LogP contribution in [0, 0.1) is 12.8 Å². The van der Waals surface area contributed by atoms with E-state index in [2.05, 4.69) is 18.0 Å². The molecule has 0 aromatic carbocycles. The van der Waals surface area contributed by atoms with Crippen molar-refractivity contribution in [1.29, 1.82) is 0 Å². The van der Waals surface area contributed by atoms with Gasteiger partial charge in [-0.15, -0.1) is 0 Å². The maximum absolute atomic E-state index is 13.3. The maximum Gasteiger partial charge on any atom is 0.250 e. The Morgan fingerprint density at radius 3 is 2.90 bits per heavy atom. The number of amides is 1. The Morgan fingerprint density at radius 1 is 1.20 bits per heavy atom. The SMILES string of the molecule is CCC[C@H]1[C@H]2C[C@H](CN(C(=O)Cc3cnc4c(C)cccn34)C2)c2cccc(=O)n21. The van der Waals surface area contributed by atoms with Gasteiger partial charge in [0.25, 0.3) is 5.56 Å². The predicted molar refractivity (Wildman–Crippen MR) is 116 cm³/mol. The number of carbonyl (C=O) groups is 1. The van der Waals surface area contributed by atoms with Crippen molar-refractivity contribution in [1.82, 2.24) is 18.9 Å². The number of aromatic nitrogens is 3. The topological polar surface area (TPSA) is 59.6 Å². The quantitative estimate of drug-likeness (QED) is 0.670. The predicted octanol–water partition coefficient (Wildman–Crippen LogP) is 3.33. The third kappa shape index (κ3) is 3.06. The van der Waals surface area contributed by atoms with Crippen LogP contribution in [0.15, 0.2) is 47.5 Å². The lowest BCUT2D eigenvalue weighted by Crippen LogP contribution is -2.51. The van der Waals surface area contributed by atoms with Gasteiger partial charge in [-0.2, -0.15) is 0 Å². The van der Waals surface area contributed by atoms with Gasteiger partial charge in [-0.1, -0.05) is 25.5 Å². The Labute approximate surface area is 176 Å². The van der Waals surface area contributed by atoms with Crippen molar-refractivity contribution in [2.24, 2.45) is 5.92 Å². The third-order valence-electron chi connectivity index (χ3n) is 6.88.